The van der Waals surface area contributed by atoms with Gasteiger partial charge in [0.2, 0.25) is 0 Å². The van der Waals surface area contributed by atoms with Crippen LogP contribution in [0.5, 0.6) is 5.75 Å². The number of benzene rings is 1. The Morgan fingerprint density at radius 2 is 2.03 bits per heavy atom. The molecule has 1 aliphatic rings. The molecule has 0 aliphatic carbocycles. The second-order valence-corrected chi connectivity index (χ2v) is 8.61. The third kappa shape index (κ3) is 6.06. The third-order valence-electron chi connectivity index (χ3n) is 5.52. The van der Waals surface area contributed by atoms with Gasteiger partial charge in [-0.3, -0.25) is 4.90 Å². The van der Waals surface area contributed by atoms with Crippen LogP contribution in [0.4, 0.5) is 15.9 Å². The topological polar surface area (TPSA) is 108 Å². The minimum absolute atomic E-state index is 0.00483. The molecule has 1 fully saturated rings. The highest BCUT2D eigenvalue weighted by Gasteiger charge is 2.28. The minimum atomic E-state index is -1.21. The summed E-state index contributed by atoms with van der Waals surface area (Å²) in [6, 6.07) is 7.28. The summed E-state index contributed by atoms with van der Waals surface area (Å²) in [5, 5.41) is 21.3. The Morgan fingerprint density at radius 3 is 2.64 bits per heavy atom. The van der Waals surface area contributed by atoms with Gasteiger partial charge in [-0.2, -0.15) is 0 Å². The fourth-order valence-corrected chi connectivity index (χ4v) is 3.73. The first-order valence-electron chi connectivity index (χ1n) is 11.0. The summed E-state index contributed by atoms with van der Waals surface area (Å²) >= 11 is 0. The number of aromatic nitrogens is 1. The zero-order valence-electron chi connectivity index (χ0n) is 19.4. The van der Waals surface area contributed by atoms with Gasteiger partial charge in [-0.15, -0.1) is 0 Å². The van der Waals surface area contributed by atoms with Crippen molar-refractivity contribution in [2.24, 2.45) is 5.92 Å². The molecule has 2 aromatic rings. The van der Waals surface area contributed by atoms with Gasteiger partial charge < -0.3 is 25.3 Å². The van der Waals surface area contributed by atoms with E-state index in [0.29, 0.717) is 30.5 Å². The molecule has 1 aliphatic heterocycles. The van der Waals surface area contributed by atoms with E-state index >= 15 is 0 Å². The Morgan fingerprint density at radius 1 is 1.33 bits per heavy atom. The van der Waals surface area contributed by atoms with Gasteiger partial charge in [0.15, 0.2) is 5.69 Å². The molecule has 1 atom stereocenters. The lowest BCUT2D eigenvalue weighted by molar-refractivity contribution is -0.0372. The fourth-order valence-electron chi connectivity index (χ4n) is 3.73. The van der Waals surface area contributed by atoms with Crippen LogP contribution in [0.15, 0.2) is 30.3 Å². The lowest BCUT2D eigenvalue weighted by Gasteiger charge is -2.38. The number of ether oxygens (including phenoxy) is 2. The second kappa shape index (κ2) is 10.7. The third-order valence-corrected chi connectivity index (χ3v) is 5.52. The number of hydrogen-bond acceptors (Lipinski definition) is 7. The molecule has 9 heteroatoms. The largest absolute Gasteiger partial charge is 0.491 e. The number of anilines is 2. The average molecular weight is 459 g/mol. The number of aromatic carboxylic acids is 1. The predicted molar refractivity (Wildman–Crippen MR) is 124 cm³/mol. The summed E-state index contributed by atoms with van der Waals surface area (Å²) in [6.45, 7) is 10.2. The van der Waals surface area contributed by atoms with Gasteiger partial charge in [-0.1, -0.05) is 13.8 Å². The maximum absolute atomic E-state index is 13.3. The molecule has 1 aromatic heterocycles. The molecule has 3 N–H and O–H groups in total. The first-order valence-corrected chi connectivity index (χ1v) is 11.0. The van der Waals surface area contributed by atoms with E-state index < -0.39 is 11.8 Å². The first-order chi connectivity index (χ1) is 15.7. The van der Waals surface area contributed by atoms with Crippen molar-refractivity contribution in [3.05, 3.63) is 47.4 Å². The number of nitrogens with one attached hydrogen (secondary N) is 2. The van der Waals surface area contributed by atoms with Crippen molar-refractivity contribution in [3.8, 4) is 5.75 Å². The number of nitrogens with zero attached hydrogens (tertiary/aromatic N) is 2. The van der Waals surface area contributed by atoms with Crippen LogP contribution in [-0.2, 0) is 4.74 Å². The van der Waals surface area contributed by atoms with E-state index in [1.165, 1.54) is 30.3 Å². The van der Waals surface area contributed by atoms with Crippen molar-refractivity contribution in [1.82, 2.24) is 9.88 Å². The molecule has 0 spiro atoms. The SMILES string of the molecule is CC(C)C(=N)c1c(OCC2COCCN2C(C)C)cc(C(=O)O)nc1Nc1ccc(F)cc1. The van der Waals surface area contributed by atoms with Gasteiger partial charge >= 0.3 is 5.97 Å². The van der Waals surface area contributed by atoms with Gasteiger partial charge in [0.05, 0.1) is 24.8 Å². The van der Waals surface area contributed by atoms with Crippen molar-refractivity contribution in [2.75, 3.05) is 31.7 Å². The van der Waals surface area contributed by atoms with Crippen LogP contribution in [-0.4, -0.2) is 65.1 Å². The molecule has 0 bridgehead atoms. The van der Waals surface area contributed by atoms with E-state index in [0.717, 1.165) is 6.54 Å². The van der Waals surface area contributed by atoms with Crippen LogP contribution in [0.1, 0.15) is 43.7 Å². The quantitative estimate of drug-likeness (QED) is 0.484. The number of halogens is 1. The molecule has 8 nitrogen and oxygen atoms in total. The van der Waals surface area contributed by atoms with E-state index in [1.807, 2.05) is 13.8 Å². The van der Waals surface area contributed by atoms with Crippen LogP contribution >= 0.6 is 0 Å². The highest BCUT2D eigenvalue weighted by atomic mass is 19.1. The summed E-state index contributed by atoms with van der Waals surface area (Å²) in [5.41, 5.74) is 0.934. The highest BCUT2D eigenvalue weighted by Crippen LogP contribution is 2.32. The summed E-state index contributed by atoms with van der Waals surface area (Å²) < 4.78 is 25.1. The number of rotatable bonds is 9. The summed E-state index contributed by atoms with van der Waals surface area (Å²) in [6.07, 6.45) is 0. The number of carboxylic acids is 1. The first kappa shape index (κ1) is 24.6. The normalized spacial score (nSPS) is 16.8. The molecule has 0 radical (unpaired) electrons. The van der Waals surface area contributed by atoms with E-state index in [-0.39, 0.29) is 41.5 Å². The molecular weight excluding hydrogens is 427 g/mol. The highest BCUT2D eigenvalue weighted by molar-refractivity contribution is 6.07. The van der Waals surface area contributed by atoms with Crippen molar-refractivity contribution >= 4 is 23.2 Å². The average Bonchev–Trinajstić information content (AvgIpc) is 2.78. The molecule has 33 heavy (non-hydrogen) atoms. The van der Waals surface area contributed by atoms with Crippen molar-refractivity contribution in [1.29, 1.82) is 5.41 Å². The van der Waals surface area contributed by atoms with E-state index in [4.69, 9.17) is 14.9 Å². The van der Waals surface area contributed by atoms with E-state index in [9.17, 15) is 14.3 Å². The van der Waals surface area contributed by atoms with E-state index in [2.05, 4.69) is 29.0 Å². The maximum Gasteiger partial charge on any atom is 0.354 e. The lowest BCUT2D eigenvalue weighted by atomic mass is 9.99. The molecule has 2 heterocycles. The minimum Gasteiger partial charge on any atom is -0.491 e. The molecule has 1 unspecified atom stereocenters. The van der Waals surface area contributed by atoms with Gasteiger partial charge in [0.1, 0.15) is 24.0 Å². The maximum atomic E-state index is 13.3. The number of hydrogen-bond donors (Lipinski definition) is 3. The Bertz CT molecular complexity index is 995. The fraction of sp³-hybridized carbons (Fsp3) is 0.458. The van der Waals surface area contributed by atoms with Gasteiger partial charge in [-0.05, 0) is 44.0 Å². The summed E-state index contributed by atoms with van der Waals surface area (Å²) in [5.74, 6) is -1.33. The summed E-state index contributed by atoms with van der Waals surface area (Å²) in [4.78, 5) is 18.3. The molecular formula is C24H31FN4O4. The Labute approximate surface area is 193 Å². The monoisotopic (exact) mass is 458 g/mol. The Kier molecular flexibility index (Phi) is 7.99. The molecule has 3 rings (SSSR count). The van der Waals surface area contributed by atoms with Crippen LogP contribution in [0, 0.1) is 17.1 Å². The smallest absolute Gasteiger partial charge is 0.354 e. The number of carboxylic acid groups (broad SMARTS) is 1. The molecule has 0 saturated carbocycles. The number of carbonyl (C=O) groups is 1. The number of morpholine rings is 1. The molecule has 1 saturated heterocycles. The second-order valence-electron chi connectivity index (χ2n) is 8.61. The molecule has 1 aromatic carbocycles. The van der Waals surface area contributed by atoms with Crippen molar-refractivity contribution in [2.45, 2.75) is 39.8 Å². The Balaban J connectivity index is 2.00. The van der Waals surface area contributed by atoms with Crippen LogP contribution in [0.2, 0.25) is 0 Å². The van der Waals surface area contributed by atoms with Gasteiger partial charge in [0, 0.05) is 30.1 Å². The van der Waals surface area contributed by atoms with Crippen LogP contribution in [0.25, 0.3) is 0 Å². The van der Waals surface area contributed by atoms with E-state index in [1.54, 1.807) is 0 Å². The summed E-state index contributed by atoms with van der Waals surface area (Å²) in [7, 11) is 0. The molecule has 178 valence electrons. The van der Waals surface area contributed by atoms with Crippen LogP contribution in [0.3, 0.4) is 0 Å². The standard InChI is InChI=1S/C24H31FN4O4/c1-14(2)22(26)21-20(33-13-18-12-32-10-9-29(18)15(3)4)11-19(24(30)31)28-23(21)27-17-7-5-16(25)6-8-17/h5-8,11,14-15,18,26H,9-10,12-13H2,1-4H3,(H,27,28)(H,30,31). The van der Waals surface area contributed by atoms with Crippen molar-refractivity contribution < 1.29 is 23.8 Å². The zero-order valence-corrected chi connectivity index (χ0v) is 19.4. The molecule has 0 amide bonds. The van der Waals surface area contributed by atoms with Gasteiger partial charge in [-0.25, -0.2) is 14.2 Å². The predicted octanol–water partition coefficient (Wildman–Crippen LogP) is 4.17. The van der Waals surface area contributed by atoms with Crippen molar-refractivity contribution in [3.63, 3.8) is 0 Å². The lowest BCUT2D eigenvalue weighted by Crippen LogP contribution is -2.51. The number of pyridine rings is 1. The van der Waals surface area contributed by atoms with Crippen LogP contribution < -0.4 is 10.1 Å². The Hall–Kier alpha value is -3.04. The van der Waals surface area contributed by atoms with Gasteiger partial charge in [0.25, 0.3) is 0 Å². The zero-order chi connectivity index (χ0) is 24.1.